The van der Waals surface area contributed by atoms with Gasteiger partial charge >= 0.3 is 0 Å². The molecule has 1 atom stereocenters. The van der Waals surface area contributed by atoms with Gasteiger partial charge in [0.2, 0.25) is 5.95 Å². The van der Waals surface area contributed by atoms with Gasteiger partial charge in [-0.05, 0) is 43.0 Å². The summed E-state index contributed by atoms with van der Waals surface area (Å²) < 4.78 is 1.89. The van der Waals surface area contributed by atoms with Gasteiger partial charge in [-0.2, -0.15) is 15.1 Å². The van der Waals surface area contributed by atoms with Crippen molar-refractivity contribution in [1.82, 2.24) is 19.7 Å². The largest absolute Gasteiger partial charge is 0.340 e. The van der Waals surface area contributed by atoms with Gasteiger partial charge in [-0.25, -0.2) is 4.68 Å². The zero-order chi connectivity index (χ0) is 19.6. The number of anilines is 3. The van der Waals surface area contributed by atoms with Gasteiger partial charge in [0, 0.05) is 18.8 Å². The van der Waals surface area contributed by atoms with E-state index in [1.165, 1.54) is 12.8 Å². The van der Waals surface area contributed by atoms with Gasteiger partial charge in [0.05, 0.1) is 17.3 Å². The van der Waals surface area contributed by atoms with Crippen molar-refractivity contribution in [2.24, 2.45) is 5.92 Å². The van der Waals surface area contributed by atoms with Crippen LogP contribution in [0.1, 0.15) is 19.8 Å². The standard InChI is InChI=1S/C23H24N6/c1-17-9-8-14-28(16-17)23-26-21(25-18-10-4-2-5-11-18)20-15-24-29(22(20)27-23)19-12-6-3-7-13-19/h2-7,10-13,15,17H,8-9,14,16H2,1H3,(H,25,26,27)/t17-/m0/s1. The molecule has 0 bridgehead atoms. The molecule has 2 aromatic carbocycles. The molecule has 0 radical (unpaired) electrons. The van der Waals surface area contributed by atoms with Crippen molar-refractivity contribution in [3.05, 3.63) is 66.9 Å². The van der Waals surface area contributed by atoms with Crippen molar-refractivity contribution < 1.29 is 0 Å². The first kappa shape index (κ1) is 17.7. The van der Waals surface area contributed by atoms with Gasteiger partial charge < -0.3 is 10.2 Å². The quantitative estimate of drug-likeness (QED) is 0.548. The van der Waals surface area contributed by atoms with Gasteiger partial charge in [-0.1, -0.05) is 43.3 Å². The Bertz CT molecular complexity index is 1110. The van der Waals surface area contributed by atoms with Crippen molar-refractivity contribution in [2.45, 2.75) is 19.8 Å². The first-order valence-corrected chi connectivity index (χ1v) is 10.2. The second kappa shape index (κ2) is 7.54. The topological polar surface area (TPSA) is 58.9 Å². The Balaban J connectivity index is 1.64. The lowest BCUT2D eigenvalue weighted by molar-refractivity contribution is 0.442. The average molecular weight is 384 g/mol. The van der Waals surface area contributed by atoms with Crippen LogP contribution in [0.3, 0.4) is 0 Å². The summed E-state index contributed by atoms with van der Waals surface area (Å²) in [7, 11) is 0. The summed E-state index contributed by atoms with van der Waals surface area (Å²) in [4.78, 5) is 12.2. The van der Waals surface area contributed by atoms with Crippen molar-refractivity contribution in [3.63, 3.8) is 0 Å². The first-order valence-electron chi connectivity index (χ1n) is 10.2. The molecular weight excluding hydrogens is 360 g/mol. The number of para-hydroxylation sites is 2. The van der Waals surface area contributed by atoms with Crippen molar-refractivity contribution in [1.29, 1.82) is 0 Å². The molecule has 3 heterocycles. The van der Waals surface area contributed by atoms with E-state index in [0.29, 0.717) is 5.92 Å². The number of rotatable bonds is 4. The fraction of sp³-hybridized carbons (Fsp3) is 0.261. The molecule has 5 rings (SSSR count). The molecule has 1 saturated heterocycles. The molecule has 1 N–H and O–H groups in total. The third-order valence-electron chi connectivity index (χ3n) is 5.39. The number of hydrogen-bond acceptors (Lipinski definition) is 5. The Morgan fingerprint density at radius 3 is 2.48 bits per heavy atom. The highest BCUT2D eigenvalue weighted by Crippen LogP contribution is 2.29. The van der Waals surface area contributed by atoms with E-state index in [9.17, 15) is 0 Å². The van der Waals surface area contributed by atoms with Crippen LogP contribution < -0.4 is 10.2 Å². The fourth-order valence-electron chi connectivity index (χ4n) is 3.92. The molecule has 1 aliphatic heterocycles. The highest BCUT2D eigenvalue weighted by molar-refractivity contribution is 5.90. The summed E-state index contributed by atoms with van der Waals surface area (Å²) >= 11 is 0. The lowest BCUT2D eigenvalue weighted by Crippen LogP contribution is -2.35. The molecule has 6 nitrogen and oxygen atoms in total. The van der Waals surface area contributed by atoms with E-state index in [4.69, 9.17) is 9.97 Å². The smallest absolute Gasteiger partial charge is 0.229 e. The molecule has 4 aromatic rings. The van der Waals surface area contributed by atoms with E-state index < -0.39 is 0 Å². The van der Waals surface area contributed by atoms with Gasteiger partial charge in [0.15, 0.2) is 5.65 Å². The molecule has 146 valence electrons. The maximum atomic E-state index is 4.95. The van der Waals surface area contributed by atoms with Crippen LogP contribution in [-0.4, -0.2) is 32.8 Å². The number of piperidine rings is 1. The van der Waals surface area contributed by atoms with Crippen LogP contribution in [0.4, 0.5) is 17.5 Å². The Hall–Kier alpha value is -3.41. The van der Waals surface area contributed by atoms with E-state index in [-0.39, 0.29) is 0 Å². The molecule has 1 fully saturated rings. The van der Waals surface area contributed by atoms with E-state index in [1.807, 2.05) is 71.5 Å². The summed E-state index contributed by atoms with van der Waals surface area (Å²) in [6.45, 7) is 4.26. The second-order valence-corrected chi connectivity index (χ2v) is 7.69. The minimum absolute atomic E-state index is 0.646. The second-order valence-electron chi connectivity index (χ2n) is 7.69. The van der Waals surface area contributed by atoms with Crippen LogP contribution in [0.25, 0.3) is 16.7 Å². The lowest BCUT2D eigenvalue weighted by Gasteiger charge is -2.31. The summed E-state index contributed by atoms with van der Waals surface area (Å²) in [5, 5.41) is 9.00. The number of fused-ring (bicyclic) bond motifs is 1. The normalized spacial score (nSPS) is 16.9. The predicted octanol–water partition coefficient (Wildman–Crippen LogP) is 4.80. The number of nitrogens with zero attached hydrogens (tertiary/aromatic N) is 5. The summed E-state index contributed by atoms with van der Waals surface area (Å²) in [6.07, 6.45) is 4.27. The highest BCUT2D eigenvalue weighted by atomic mass is 15.3. The fourth-order valence-corrected chi connectivity index (χ4v) is 3.92. The highest BCUT2D eigenvalue weighted by Gasteiger charge is 2.22. The Kier molecular flexibility index (Phi) is 4.60. The summed E-state index contributed by atoms with van der Waals surface area (Å²) in [5.74, 6) is 2.20. The Morgan fingerprint density at radius 2 is 1.72 bits per heavy atom. The molecular formula is C23H24N6. The SMILES string of the molecule is C[C@H]1CCCN(c2nc(Nc3ccccc3)c3cnn(-c4ccccc4)c3n2)C1. The zero-order valence-electron chi connectivity index (χ0n) is 16.5. The first-order chi connectivity index (χ1) is 14.3. The zero-order valence-corrected chi connectivity index (χ0v) is 16.5. The van der Waals surface area contributed by atoms with Crippen LogP contribution in [-0.2, 0) is 0 Å². The van der Waals surface area contributed by atoms with Gasteiger partial charge in [-0.15, -0.1) is 0 Å². The summed E-state index contributed by atoms with van der Waals surface area (Å²) in [5.41, 5.74) is 2.81. The van der Waals surface area contributed by atoms with Crippen molar-refractivity contribution >= 4 is 28.5 Å². The number of aromatic nitrogens is 4. The van der Waals surface area contributed by atoms with Crippen LogP contribution in [0, 0.1) is 5.92 Å². The van der Waals surface area contributed by atoms with Crippen LogP contribution in [0.5, 0.6) is 0 Å². The molecule has 0 unspecified atom stereocenters. The van der Waals surface area contributed by atoms with E-state index in [2.05, 4.69) is 22.2 Å². The summed E-state index contributed by atoms with van der Waals surface area (Å²) in [6, 6.07) is 20.2. The van der Waals surface area contributed by atoms with Crippen molar-refractivity contribution in [3.8, 4) is 5.69 Å². The molecule has 6 heteroatoms. The molecule has 1 aliphatic rings. The third-order valence-corrected chi connectivity index (χ3v) is 5.39. The number of hydrogen-bond donors (Lipinski definition) is 1. The lowest BCUT2D eigenvalue weighted by atomic mass is 10.0. The van der Waals surface area contributed by atoms with E-state index >= 15 is 0 Å². The average Bonchev–Trinajstić information content (AvgIpc) is 3.19. The minimum Gasteiger partial charge on any atom is -0.340 e. The van der Waals surface area contributed by atoms with Crippen LogP contribution in [0.15, 0.2) is 66.9 Å². The Labute approximate surface area is 170 Å². The number of nitrogens with one attached hydrogen (secondary N) is 1. The van der Waals surface area contributed by atoms with E-state index in [1.54, 1.807) is 0 Å². The molecule has 2 aromatic heterocycles. The van der Waals surface area contributed by atoms with Crippen LogP contribution >= 0.6 is 0 Å². The molecule has 0 saturated carbocycles. The van der Waals surface area contributed by atoms with Crippen LogP contribution in [0.2, 0.25) is 0 Å². The van der Waals surface area contributed by atoms with E-state index in [0.717, 1.165) is 47.3 Å². The molecule has 0 amide bonds. The van der Waals surface area contributed by atoms with Gasteiger partial charge in [0.1, 0.15) is 5.82 Å². The predicted molar refractivity (Wildman–Crippen MR) is 117 cm³/mol. The monoisotopic (exact) mass is 384 g/mol. The Morgan fingerprint density at radius 1 is 0.966 bits per heavy atom. The third kappa shape index (κ3) is 3.53. The van der Waals surface area contributed by atoms with Crippen molar-refractivity contribution in [2.75, 3.05) is 23.3 Å². The maximum Gasteiger partial charge on any atom is 0.229 e. The number of benzene rings is 2. The molecule has 0 aliphatic carbocycles. The minimum atomic E-state index is 0.646. The molecule has 0 spiro atoms. The van der Waals surface area contributed by atoms with Gasteiger partial charge in [-0.3, -0.25) is 0 Å². The maximum absolute atomic E-state index is 4.95. The molecule has 29 heavy (non-hydrogen) atoms. The van der Waals surface area contributed by atoms with Gasteiger partial charge in [0.25, 0.3) is 0 Å².